The summed E-state index contributed by atoms with van der Waals surface area (Å²) in [5, 5.41) is 5.89. The van der Waals surface area contributed by atoms with Crippen LogP contribution < -0.4 is 10.6 Å². The maximum Gasteiger partial charge on any atom is 0.330 e. The Labute approximate surface area is 178 Å². The molecule has 0 atom stereocenters. The molecule has 0 saturated heterocycles. The van der Waals surface area contributed by atoms with E-state index in [-0.39, 0.29) is 11.8 Å². The second-order valence-corrected chi connectivity index (χ2v) is 6.54. The second-order valence-electron chi connectivity index (χ2n) is 6.54. The monoisotopic (exact) mass is 424 g/mol. The van der Waals surface area contributed by atoms with Crippen molar-refractivity contribution in [3.05, 3.63) is 83.2 Å². The van der Waals surface area contributed by atoms with E-state index < -0.39 is 17.8 Å². The lowest BCUT2D eigenvalue weighted by molar-refractivity contribution is -0.135. The molecule has 9 heteroatoms. The Morgan fingerprint density at radius 2 is 1.52 bits per heavy atom. The SMILES string of the molecule is COC(=O)C=C1C=C(Nc2ncc(F)c(NC3=CC(=CC(=O)OC)CC=C3)n2)C=CC1. The number of hydrogen-bond acceptors (Lipinski definition) is 8. The average molecular weight is 424 g/mol. The van der Waals surface area contributed by atoms with E-state index in [1.54, 1.807) is 18.2 Å². The fourth-order valence-corrected chi connectivity index (χ4v) is 2.82. The van der Waals surface area contributed by atoms with Crippen molar-refractivity contribution in [1.29, 1.82) is 0 Å². The number of ether oxygens (including phenoxy) is 2. The van der Waals surface area contributed by atoms with Crippen LogP contribution in [0.4, 0.5) is 16.2 Å². The molecule has 3 rings (SSSR count). The molecule has 0 aliphatic heterocycles. The molecule has 160 valence electrons. The zero-order valence-corrected chi connectivity index (χ0v) is 17.0. The first-order valence-corrected chi connectivity index (χ1v) is 9.37. The van der Waals surface area contributed by atoms with E-state index in [0.717, 1.165) is 11.8 Å². The molecule has 0 saturated carbocycles. The highest BCUT2D eigenvalue weighted by molar-refractivity contribution is 5.84. The van der Waals surface area contributed by atoms with Gasteiger partial charge in [0.25, 0.3) is 0 Å². The van der Waals surface area contributed by atoms with Gasteiger partial charge in [-0.3, -0.25) is 0 Å². The van der Waals surface area contributed by atoms with Crippen LogP contribution in [0.3, 0.4) is 0 Å². The molecule has 2 aliphatic carbocycles. The van der Waals surface area contributed by atoms with Gasteiger partial charge in [0.05, 0.1) is 20.4 Å². The van der Waals surface area contributed by atoms with Crippen molar-refractivity contribution in [2.24, 2.45) is 0 Å². The summed E-state index contributed by atoms with van der Waals surface area (Å²) in [6.45, 7) is 0. The number of nitrogens with one attached hydrogen (secondary N) is 2. The first kappa shape index (κ1) is 21.7. The third kappa shape index (κ3) is 6.23. The maximum atomic E-state index is 14.3. The van der Waals surface area contributed by atoms with Gasteiger partial charge >= 0.3 is 11.9 Å². The van der Waals surface area contributed by atoms with Crippen molar-refractivity contribution in [3.8, 4) is 0 Å². The quantitative estimate of drug-likeness (QED) is 0.530. The molecule has 1 heterocycles. The Balaban J connectivity index is 1.76. The smallest absolute Gasteiger partial charge is 0.330 e. The summed E-state index contributed by atoms with van der Waals surface area (Å²) < 4.78 is 23.5. The summed E-state index contributed by atoms with van der Waals surface area (Å²) in [6.07, 6.45) is 15.7. The van der Waals surface area contributed by atoms with E-state index >= 15 is 0 Å². The fourth-order valence-electron chi connectivity index (χ4n) is 2.82. The minimum absolute atomic E-state index is 0.0292. The van der Waals surface area contributed by atoms with Crippen LogP contribution in [0.5, 0.6) is 0 Å². The van der Waals surface area contributed by atoms with Crippen molar-refractivity contribution in [3.63, 3.8) is 0 Å². The number of aromatic nitrogens is 2. The lowest BCUT2D eigenvalue weighted by Crippen LogP contribution is -2.09. The zero-order chi connectivity index (χ0) is 22.2. The number of nitrogens with zero attached hydrogens (tertiary/aromatic N) is 2. The molecular formula is C22H21FN4O4. The Kier molecular flexibility index (Phi) is 7.10. The number of anilines is 2. The van der Waals surface area contributed by atoms with E-state index in [0.29, 0.717) is 29.8 Å². The van der Waals surface area contributed by atoms with E-state index in [2.05, 4.69) is 30.1 Å². The standard InChI is InChI=1S/C22H21FN4O4/c1-30-19(28)11-14-5-3-7-16(9-14)25-21-18(23)13-24-22(27-21)26-17-8-4-6-15(10-17)12-20(29)31-2/h3-4,7-13H,5-6H2,1-2H3,(H2,24,25,26,27). The molecule has 0 amide bonds. The largest absolute Gasteiger partial charge is 0.466 e. The highest BCUT2D eigenvalue weighted by Gasteiger charge is 2.12. The van der Waals surface area contributed by atoms with Gasteiger partial charge in [0.15, 0.2) is 11.6 Å². The average Bonchev–Trinajstić information content (AvgIpc) is 2.76. The van der Waals surface area contributed by atoms with Gasteiger partial charge in [-0.1, -0.05) is 12.2 Å². The fraction of sp³-hybridized carbons (Fsp3) is 0.182. The minimum atomic E-state index is -0.636. The summed E-state index contributed by atoms with van der Waals surface area (Å²) in [5.74, 6) is -1.40. The number of methoxy groups -OCH3 is 2. The topological polar surface area (TPSA) is 102 Å². The van der Waals surface area contributed by atoms with Crippen LogP contribution in [0.1, 0.15) is 12.8 Å². The van der Waals surface area contributed by atoms with E-state index in [9.17, 15) is 14.0 Å². The molecule has 0 fully saturated rings. The maximum absolute atomic E-state index is 14.3. The van der Waals surface area contributed by atoms with E-state index in [1.165, 1.54) is 26.4 Å². The second kappa shape index (κ2) is 10.1. The van der Waals surface area contributed by atoms with Crippen LogP contribution in [0, 0.1) is 5.82 Å². The first-order valence-electron chi connectivity index (χ1n) is 9.37. The Bertz CT molecular complexity index is 1070. The summed E-state index contributed by atoms with van der Waals surface area (Å²) in [4.78, 5) is 31.0. The Hall–Kier alpha value is -4.01. The molecule has 0 spiro atoms. The lowest BCUT2D eigenvalue weighted by Gasteiger charge is -2.14. The van der Waals surface area contributed by atoms with Crippen LogP contribution in [0.25, 0.3) is 0 Å². The van der Waals surface area contributed by atoms with Crippen LogP contribution in [-0.4, -0.2) is 36.1 Å². The molecule has 31 heavy (non-hydrogen) atoms. The summed E-state index contributed by atoms with van der Waals surface area (Å²) in [7, 11) is 2.61. The minimum Gasteiger partial charge on any atom is -0.466 e. The number of carbonyl (C=O) groups excluding carboxylic acids is 2. The van der Waals surface area contributed by atoms with Crippen LogP contribution in [-0.2, 0) is 19.1 Å². The van der Waals surface area contributed by atoms with Crippen LogP contribution in [0.2, 0.25) is 0 Å². The third-order valence-corrected chi connectivity index (χ3v) is 4.26. The summed E-state index contributed by atoms with van der Waals surface area (Å²) >= 11 is 0. The molecule has 0 radical (unpaired) electrons. The van der Waals surface area contributed by atoms with Crippen molar-refractivity contribution in [2.45, 2.75) is 12.8 Å². The molecule has 0 aromatic carbocycles. The third-order valence-electron chi connectivity index (χ3n) is 4.26. The molecule has 1 aromatic rings. The van der Waals surface area contributed by atoms with Crippen LogP contribution >= 0.6 is 0 Å². The molecular weight excluding hydrogens is 403 g/mol. The number of rotatable bonds is 6. The van der Waals surface area contributed by atoms with Gasteiger partial charge < -0.3 is 20.1 Å². The van der Waals surface area contributed by atoms with Gasteiger partial charge in [-0.05, 0) is 48.3 Å². The molecule has 2 N–H and O–H groups in total. The summed E-state index contributed by atoms with van der Waals surface area (Å²) in [6, 6.07) is 0. The first-order chi connectivity index (χ1) is 15.0. The molecule has 8 nitrogen and oxygen atoms in total. The Morgan fingerprint density at radius 3 is 2.06 bits per heavy atom. The predicted octanol–water partition coefficient (Wildman–Crippen LogP) is 3.33. The van der Waals surface area contributed by atoms with Crippen LogP contribution in [0.15, 0.2) is 77.3 Å². The van der Waals surface area contributed by atoms with Crippen molar-refractivity contribution in [2.75, 3.05) is 24.9 Å². The lowest BCUT2D eigenvalue weighted by atomic mass is 10.1. The van der Waals surface area contributed by atoms with Crippen molar-refractivity contribution >= 4 is 23.7 Å². The molecule has 1 aromatic heterocycles. The zero-order valence-electron chi connectivity index (χ0n) is 17.0. The molecule has 0 unspecified atom stereocenters. The van der Waals surface area contributed by atoms with Gasteiger partial charge in [-0.25, -0.2) is 19.0 Å². The number of halogens is 1. The van der Waals surface area contributed by atoms with Gasteiger partial charge in [-0.2, -0.15) is 4.98 Å². The summed E-state index contributed by atoms with van der Waals surface area (Å²) in [5.41, 5.74) is 2.66. The number of carbonyl (C=O) groups is 2. The van der Waals surface area contributed by atoms with Gasteiger partial charge in [-0.15, -0.1) is 0 Å². The van der Waals surface area contributed by atoms with Crippen molar-refractivity contribution in [1.82, 2.24) is 9.97 Å². The van der Waals surface area contributed by atoms with Gasteiger partial charge in [0.2, 0.25) is 5.95 Å². The number of esters is 2. The van der Waals surface area contributed by atoms with E-state index in [4.69, 9.17) is 0 Å². The normalized spacial score (nSPS) is 17.8. The number of hydrogen-bond donors (Lipinski definition) is 2. The molecule has 2 aliphatic rings. The number of allylic oxidation sites excluding steroid dienone is 8. The van der Waals surface area contributed by atoms with Gasteiger partial charge in [0.1, 0.15) is 0 Å². The highest BCUT2D eigenvalue weighted by Crippen LogP contribution is 2.22. The van der Waals surface area contributed by atoms with Crippen molar-refractivity contribution < 1.29 is 23.5 Å². The molecule has 0 bridgehead atoms. The van der Waals surface area contributed by atoms with Gasteiger partial charge in [0, 0.05) is 23.5 Å². The Morgan fingerprint density at radius 1 is 0.968 bits per heavy atom. The highest BCUT2D eigenvalue weighted by atomic mass is 19.1. The predicted molar refractivity (Wildman–Crippen MR) is 113 cm³/mol. The van der Waals surface area contributed by atoms with E-state index in [1.807, 2.05) is 18.2 Å².